The number of carbonyl (C=O) groups excluding carboxylic acids is 2. The monoisotopic (exact) mass is 788 g/mol. The molecule has 5 N–H and O–H groups in total. The summed E-state index contributed by atoms with van der Waals surface area (Å²) in [7, 11) is 0. The van der Waals surface area contributed by atoms with E-state index >= 15 is 0 Å². The zero-order chi connectivity index (χ0) is 41.7. The Bertz CT molecular complexity index is 2400. The molecule has 0 fully saturated rings. The summed E-state index contributed by atoms with van der Waals surface area (Å²) < 4.78 is 26.3. The van der Waals surface area contributed by atoms with Gasteiger partial charge >= 0.3 is 11.9 Å². The van der Waals surface area contributed by atoms with Crippen LogP contribution in [0, 0.1) is 0 Å². The van der Waals surface area contributed by atoms with Crippen LogP contribution in [0.2, 0.25) is 0 Å². The van der Waals surface area contributed by atoms with Gasteiger partial charge in [0, 0.05) is 24.3 Å². The summed E-state index contributed by atoms with van der Waals surface area (Å²) in [6, 6.07) is 17.3. The number of aliphatic carboxylic acids is 1. The Kier molecular flexibility index (Phi) is 16.4. The summed E-state index contributed by atoms with van der Waals surface area (Å²) >= 11 is 0. The van der Waals surface area contributed by atoms with E-state index in [-0.39, 0.29) is 70.1 Å². The number of hydrogen-bond donors (Lipinski definition) is 5. The van der Waals surface area contributed by atoms with Crippen LogP contribution in [0.15, 0.2) is 104 Å². The topological polar surface area (TPSA) is 240 Å². The molecule has 15 nitrogen and oxygen atoms in total. The minimum Gasteiger partial charge on any atom is -0.508 e. The zero-order valence-corrected chi connectivity index (χ0v) is 31.0. The van der Waals surface area contributed by atoms with Crippen LogP contribution in [0.1, 0.15) is 42.0 Å². The largest absolute Gasteiger partial charge is 0.508 e. The Hall–Kier alpha value is -7.29. The lowest BCUT2D eigenvalue weighted by atomic mass is 10.0. The second-order valence-electron chi connectivity index (χ2n) is 12.2. The van der Waals surface area contributed by atoms with Crippen LogP contribution in [-0.4, -0.2) is 63.1 Å². The Morgan fingerprint density at radius 3 is 1.37 bits per heavy atom. The lowest BCUT2D eigenvalue weighted by molar-refractivity contribution is -0.157. The van der Waals surface area contributed by atoms with E-state index < -0.39 is 35.0 Å². The van der Waals surface area contributed by atoms with Gasteiger partial charge in [-0.25, -0.2) is 9.59 Å². The number of esters is 1. The molecule has 0 aliphatic carbocycles. The van der Waals surface area contributed by atoms with Crippen LogP contribution < -0.4 is 20.3 Å². The van der Waals surface area contributed by atoms with E-state index in [0.29, 0.717) is 22.6 Å². The van der Waals surface area contributed by atoms with E-state index in [9.17, 15) is 39.6 Å². The molecule has 0 unspecified atom stereocenters. The molecule has 4 aromatic carbocycles. The molecule has 57 heavy (non-hydrogen) atoms. The van der Waals surface area contributed by atoms with Crippen molar-refractivity contribution >= 4 is 40.7 Å². The van der Waals surface area contributed by atoms with Gasteiger partial charge in [0.1, 0.15) is 81.4 Å². The van der Waals surface area contributed by atoms with E-state index in [0.717, 1.165) is 12.1 Å². The van der Waals surface area contributed by atoms with Crippen molar-refractivity contribution in [3.63, 3.8) is 0 Å². The summed E-state index contributed by atoms with van der Waals surface area (Å²) in [5.41, 5.74) is 0.214. The minimum absolute atomic E-state index is 0. The van der Waals surface area contributed by atoms with Crippen LogP contribution in [-0.2, 0) is 19.1 Å². The average Bonchev–Trinajstić information content (AvgIpc) is 3.15. The van der Waals surface area contributed by atoms with Crippen LogP contribution >= 0.6 is 0 Å². The molecule has 0 amide bonds. The Balaban J connectivity index is 0.000000359. The SMILES string of the molecule is C.C=O.CC.CC(C)(C)OC(=O)COc1ccc(-c2coc3cc(O)cc(O)c3c2=O)cc1.O=C(O)COc1ccc(-c2coc3cc(O)cc(O)c3c2=O)cc1. The van der Waals surface area contributed by atoms with Gasteiger partial charge in [0.05, 0.1) is 11.1 Å². The van der Waals surface area contributed by atoms with Gasteiger partial charge in [0.25, 0.3) is 0 Å². The van der Waals surface area contributed by atoms with Crippen LogP contribution in [0.25, 0.3) is 44.2 Å². The van der Waals surface area contributed by atoms with Gasteiger partial charge in [-0.05, 0) is 56.2 Å². The van der Waals surface area contributed by atoms with Crippen LogP contribution in [0.4, 0.5) is 0 Å². The normalized spacial score (nSPS) is 10.3. The number of carbonyl (C=O) groups is 3. The van der Waals surface area contributed by atoms with Crippen molar-refractivity contribution in [1.82, 2.24) is 0 Å². The fraction of sp³-hybridized carbons (Fsp3) is 0.214. The van der Waals surface area contributed by atoms with Gasteiger partial charge in [0.2, 0.25) is 10.9 Å². The summed E-state index contributed by atoms with van der Waals surface area (Å²) in [5, 5.41) is 47.3. The predicted molar refractivity (Wildman–Crippen MR) is 212 cm³/mol. The molecule has 15 heteroatoms. The number of hydrogen-bond acceptors (Lipinski definition) is 14. The van der Waals surface area contributed by atoms with Crippen molar-refractivity contribution in [3.8, 4) is 56.8 Å². The van der Waals surface area contributed by atoms with Crippen LogP contribution in [0.3, 0.4) is 0 Å². The summed E-state index contributed by atoms with van der Waals surface area (Å²) in [5.74, 6) is -1.93. The molecule has 6 rings (SSSR count). The maximum Gasteiger partial charge on any atom is 0.344 e. The first-order valence-corrected chi connectivity index (χ1v) is 16.7. The molecular formula is C42H44O15. The molecule has 0 aliphatic heterocycles. The number of phenolic OH excluding ortho intramolecular Hbond substituents is 4. The fourth-order valence-corrected chi connectivity index (χ4v) is 4.95. The summed E-state index contributed by atoms with van der Waals surface area (Å²) in [6.07, 6.45) is 2.50. The summed E-state index contributed by atoms with van der Waals surface area (Å²) in [6.45, 7) is 10.6. The van der Waals surface area contributed by atoms with Gasteiger partial charge < -0.3 is 53.4 Å². The van der Waals surface area contributed by atoms with Gasteiger partial charge in [-0.15, -0.1) is 0 Å². The molecule has 0 radical (unpaired) electrons. The molecule has 0 saturated carbocycles. The van der Waals surface area contributed by atoms with Crippen molar-refractivity contribution in [2.45, 2.75) is 47.6 Å². The van der Waals surface area contributed by atoms with E-state index in [4.69, 9.17) is 32.9 Å². The fourth-order valence-electron chi connectivity index (χ4n) is 4.95. The summed E-state index contributed by atoms with van der Waals surface area (Å²) in [4.78, 5) is 55.4. The highest BCUT2D eigenvalue weighted by atomic mass is 16.6. The maximum absolute atomic E-state index is 12.7. The van der Waals surface area contributed by atoms with Crippen molar-refractivity contribution in [3.05, 3.63) is 106 Å². The smallest absolute Gasteiger partial charge is 0.344 e. The Morgan fingerprint density at radius 1 is 0.649 bits per heavy atom. The number of aromatic hydroxyl groups is 4. The molecule has 0 aliphatic rings. The lowest BCUT2D eigenvalue weighted by Crippen LogP contribution is -2.27. The first kappa shape index (κ1) is 45.9. The first-order valence-electron chi connectivity index (χ1n) is 16.7. The first-order chi connectivity index (χ1) is 26.6. The predicted octanol–water partition coefficient (Wildman–Crippen LogP) is 7.40. The average molecular weight is 789 g/mol. The molecule has 302 valence electrons. The minimum atomic E-state index is -1.09. The van der Waals surface area contributed by atoms with Crippen molar-refractivity contribution in [1.29, 1.82) is 0 Å². The number of carboxylic acid groups (broad SMARTS) is 1. The molecule has 6 aromatic rings. The molecule has 0 saturated heterocycles. The molecule has 0 atom stereocenters. The highest BCUT2D eigenvalue weighted by molar-refractivity contribution is 5.89. The molecular weight excluding hydrogens is 744 g/mol. The van der Waals surface area contributed by atoms with Crippen LogP contribution in [0.5, 0.6) is 34.5 Å². The van der Waals surface area contributed by atoms with Gasteiger partial charge in [-0.2, -0.15) is 0 Å². The molecule has 0 spiro atoms. The third kappa shape index (κ3) is 12.1. The number of ether oxygens (including phenoxy) is 3. The quantitative estimate of drug-likeness (QED) is 0.0944. The van der Waals surface area contributed by atoms with Crippen molar-refractivity contribution < 1.29 is 63.0 Å². The van der Waals surface area contributed by atoms with Crippen molar-refractivity contribution in [2.24, 2.45) is 0 Å². The van der Waals surface area contributed by atoms with Gasteiger partial charge in [-0.1, -0.05) is 45.5 Å². The van der Waals surface area contributed by atoms with Gasteiger partial charge in [0.15, 0.2) is 13.2 Å². The Labute approximate surface area is 326 Å². The number of carboxylic acids is 1. The lowest BCUT2D eigenvalue weighted by Gasteiger charge is -2.19. The number of phenols is 4. The Morgan fingerprint density at radius 2 is 1.02 bits per heavy atom. The van der Waals surface area contributed by atoms with E-state index in [1.54, 1.807) is 57.2 Å². The third-order valence-corrected chi connectivity index (χ3v) is 7.15. The van der Waals surface area contributed by atoms with Gasteiger partial charge in [-0.3, -0.25) is 9.59 Å². The maximum atomic E-state index is 12.7. The number of fused-ring (bicyclic) bond motifs is 2. The highest BCUT2D eigenvalue weighted by Gasteiger charge is 2.18. The molecule has 2 heterocycles. The number of rotatable bonds is 8. The van der Waals surface area contributed by atoms with E-state index in [1.165, 1.54) is 36.8 Å². The highest BCUT2D eigenvalue weighted by Crippen LogP contribution is 2.31. The second kappa shape index (κ2) is 20.4. The van der Waals surface area contributed by atoms with Crippen molar-refractivity contribution in [2.75, 3.05) is 13.2 Å². The number of benzene rings is 4. The second-order valence-corrected chi connectivity index (χ2v) is 12.2. The standard InChI is InChI=1S/C21H20O7.C17H12O7.C2H6.CH2O.CH4/c1-21(2,3)28-18(24)11-26-14-6-4-12(5-7-14)15-10-27-17-9-13(22)8-16(23)19(17)20(15)25;18-10-5-13(19)16-14(6-10)24-7-12(17(16)22)9-1-3-11(4-2-9)23-8-15(20)21;2*1-2;/h4-10,22-23H,11H2,1-3H3;1-7,18-19H,8H2,(H,20,21);1-2H3;1H2;1H4. The zero-order valence-electron chi connectivity index (χ0n) is 31.0. The van der Waals surface area contributed by atoms with E-state index in [2.05, 4.69) is 0 Å². The third-order valence-electron chi connectivity index (χ3n) is 7.15. The van der Waals surface area contributed by atoms with E-state index in [1.807, 2.05) is 20.6 Å². The molecule has 2 aromatic heterocycles. The molecule has 0 bridgehead atoms.